The summed E-state index contributed by atoms with van der Waals surface area (Å²) in [7, 11) is 0. The lowest BCUT2D eigenvalue weighted by molar-refractivity contribution is -0.116. The molecule has 2 aromatic rings. The predicted molar refractivity (Wildman–Crippen MR) is 52.5 cm³/mol. The van der Waals surface area contributed by atoms with Crippen LogP contribution < -0.4 is 0 Å². The minimum absolute atomic E-state index is 0.0925. The Morgan fingerprint density at radius 2 is 2.54 bits per heavy atom. The van der Waals surface area contributed by atoms with Gasteiger partial charge in [-0.1, -0.05) is 11.6 Å². The molecule has 0 aliphatic carbocycles. The number of carbonyl (C=O) groups is 1. The SMILES string of the molecule is CC(=O)Cc1c(Cl)nc2sccn12. The molecule has 0 radical (unpaired) electrons. The van der Waals surface area contributed by atoms with Crippen molar-refractivity contribution < 1.29 is 4.79 Å². The molecular formula is C8H7ClN2OS. The monoisotopic (exact) mass is 214 g/mol. The molecule has 0 bridgehead atoms. The number of halogens is 1. The summed E-state index contributed by atoms with van der Waals surface area (Å²) in [5.74, 6) is 0.0925. The Bertz CT molecular complexity index is 460. The van der Waals surface area contributed by atoms with Crippen LogP contribution in [0.5, 0.6) is 0 Å². The molecular weight excluding hydrogens is 208 g/mol. The zero-order valence-electron chi connectivity index (χ0n) is 6.95. The highest BCUT2D eigenvalue weighted by Crippen LogP contribution is 2.21. The van der Waals surface area contributed by atoms with Gasteiger partial charge in [0.25, 0.3) is 0 Å². The van der Waals surface area contributed by atoms with Gasteiger partial charge in [-0.3, -0.25) is 9.20 Å². The fourth-order valence-corrected chi connectivity index (χ4v) is 2.22. The van der Waals surface area contributed by atoms with Crippen LogP contribution in [-0.2, 0) is 11.2 Å². The number of ketones is 1. The lowest BCUT2D eigenvalue weighted by atomic mass is 10.2. The van der Waals surface area contributed by atoms with Crippen molar-refractivity contribution in [3.8, 4) is 0 Å². The highest BCUT2D eigenvalue weighted by Gasteiger charge is 2.12. The Balaban J connectivity index is 2.57. The minimum Gasteiger partial charge on any atom is -0.300 e. The van der Waals surface area contributed by atoms with Gasteiger partial charge in [0, 0.05) is 18.0 Å². The average molecular weight is 215 g/mol. The van der Waals surface area contributed by atoms with Gasteiger partial charge in [0.2, 0.25) is 0 Å². The molecule has 0 aromatic carbocycles. The molecule has 2 heterocycles. The van der Waals surface area contributed by atoms with Crippen molar-refractivity contribution in [1.82, 2.24) is 9.38 Å². The van der Waals surface area contributed by atoms with Crippen LogP contribution in [0, 0.1) is 0 Å². The zero-order chi connectivity index (χ0) is 9.42. The molecule has 68 valence electrons. The molecule has 2 aromatic heterocycles. The molecule has 0 atom stereocenters. The van der Waals surface area contributed by atoms with E-state index < -0.39 is 0 Å². The fourth-order valence-electron chi connectivity index (χ4n) is 1.20. The molecule has 0 saturated heterocycles. The van der Waals surface area contributed by atoms with Gasteiger partial charge in [0.15, 0.2) is 10.1 Å². The van der Waals surface area contributed by atoms with E-state index in [9.17, 15) is 4.79 Å². The first-order valence-corrected chi connectivity index (χ1v) is 5.03. The van der Waals surface area contributed by atoms with E-state index in [2.05, 4.69) is 4.98 Å². The van der Waals surface area contributed by atoms with Crippen molar-refractivity contribution in [2.75, 3.05) is 0 Å². The Hall–Kier alpha value is -0.870. The number of imidazole rings is 1. The third-order valence-electron chi connectivity index (χ3n) is 1.73. The minimum atomic E-state index is 0.0925. The molecule has 0 unspecified atom stereocenters. The van der Waals surface area contributed by atoms with E-state index in [1.807, 2.05) is 16.0 Å². The van der Waals surface area contributed by atoms with Crippen molar-refractivity contribution in [2.45, 2.75) is 13.3 Å². The van der Waals surface area contributed by atoms with Gasteiger partial charge in [-0.25, -0.2) is 4.98 Å². The summed E-state index contributed by atoms with van der Waals surface area (Å²) >= 11 is 7.38. The molecule has 2 rings (SSSR count). The Kier molecular flexibility index (Phi) is 2.09. The molecule has 0 saturated carbocycles. The van der Waals surface area contributed by atoms with Crippen molar-refractivity contribution in [2.24, 2.45) is 0 Å². The average Bonchev–Trinajstić information content (AvgIpc) is 2.55. The van der Waals surface area contributed by atoms with Gasteiger partial charge >= 0.3 is 0 Å². The molecule has 3 nitrogen and oxygen atoms in total. The molecule has 0 fully saturated rings. The van der Waals surface area contributed by atoms with E-state index in [4.69, 9.17) is 11.6 Å². The van der Waals surface area contributed by atoms with Crippen LogP contribution in [0.2, 0.25) is 5.15 Å². The predicted octanol–water partition coefficient (Wildman–Crippen LogP) is 2.18. The van der Waals surface area contributed by atoms with E-state index >= 15 is 0 Å². The fraction of sp³-hybridized carbons (Fsp3) is 0.250. The Morgan fingerprint density at radius 1 is 1.77 bits per heavy atom. The summed E-state index contributed by atoms with van der Waals surface area (Å²) in [6.45, 7) is 1.54. The van der Waals surface area contributed by atoms with Crippen LogP contribution in [0.3, 0.4) is 0 Å². The molecule has 0 spiro atoms. The van der Waals surface area contributed by atoms with Crippen LogP contribution in [0.4, 0.5) is 0 Å². The molecule has 0 amide bonds. The number of hydrogen-bond acceptors (Lipinski definition) is 3. The highest BCUT2D eigenvalue weighted by atomic mass is 35.5. The number of aromatic nitrogens is 2. The van der Waals surface area contributed by atoms with E-state index in [1.54, 1.807) is 6.92 Å². The number of Topliss-reactive ketones (excluding diaryl/α,β-unsaturated/α-hetero) is 1. The Morgan fingerprint density at radius 3 is 3.23 bits per heavy atom. The summed E-state index contributed by atoms with van der Waals surface area (Å²) in [4.78, 5) is 15.9. The van der Waals surface area contributed by atoms with Crippen molar-refractivity contribution >= 4 is 33.7 Å². The van der Waals surface area contributed by atoms with Crippen molar-refractivity contribution in [1.29, 1.82) is 0 Å². The third kappa shape index (κ3) is 1.47. The van der Waals surface area contributed by atoms with Gasteiger partial charge in [0.1, 0.15) is 5.78 Å². The quantitative estimate of drug-likeness (QED) is 0.768. The molecule has 5 heteroatoms. The van der Waals surface area contributed by atoms with Crippen molar-refractivity contribution in [3.05, 3.63) is 22.4 Å². The standard InChI is InChI=1S/C8H7ClN2OS/c1-5(12)4-6-7(9)10-8-11(6)2-3-13-8/h2-3H,4H2,1H3. The second-order valence-electron chi connectivity index (χ2n) is 2.78. The maximum atomic E-state index is 10.9. The van der Waals surface area contributed by atoms with Gasteiger partial charge in [-0.05, 0) is 6.92 Å². The first-order chi connectivity index (χ1) is 6.18. The highest BCUT2D eigenvalue weighted by molar-refractivity contribution is 7.15. The molecule has 0 aliphatic heterocycles. The maximum absolute atomic E-state index is 10.9. The number of thiazole rings is 1. The number of carbonyl (C=O) groups excluding carboxylic acids is 1. The van der Waals surface area contributed by atoms with Crippen LogP contribution in [0.25, 0.3) is 4.96 Å². The van der Waals surface area contributed by atoms with E-state index in [0.29, 0.717) is 11.6 Å². The molecule has 13 heavy (non-hydrogen) atoms. The van der Waals surface area contributed by atoms with E-state index in [1.165, 1.54) is 11.3 Å². The largest absolute Gasteiger partial charge is 0.300 e. The van der Waals surface area contributed by atoms with Gasteiger partial charge in [-0.15, -0.1) is 11.3 Å². The first-order valence-electron chi connectivity index (χ1n) is 3.78. The molecule has 0 aliphatic rings. The number of rotatable bonds is 2. The summed E-state index contributed by atoms with van der Waals surface area (Å²) in [6.07, 6.45) is 2.22. The van der Waals surface area contributed by atoms with Crippen LogP contribution in [-0.4, -0.2) is 15.2 Å². The van der Waals surface area contributed by atoms with Crippen LogP contribution in [0.1, 0.15) is 12.6 Å². The normalized spacial score (nSPS) is 10.9. The van der Waals surface area contributed by atoms with Gasteiger partial charge in [0.05, 0.1) is 5.69 Å². The van der Waals surface area contributed by atoms with Gasteiger partial charge in [-0.2, -0.15) is 0 Å². The topological polar surface area (TPSA) is 34.4 Å². The van der Waals surface area contributed by atoms with Gasteiger partial charge < -0.3 is 0 Å². The van der Waals surface area contributed by atoms with Crippen LogP contribution in [0.15, 0.2) is 11.6 Å². The summed E-state index contributed by atoms with van der Waals surface area (Å²) in [5, 5.41) is 2.35. The van der Waals surface area contributed by atoms with Crippen LogP contribution >= 0.6 is 22.9 Å². The third-order valence-corrected chi connectivity index (χ3v) is 2.79. The number of nitrogens with zero attached hydrogens (tertiary/aromatic N) is 2. The zero-order valence-corrected chi connectivity index (χ0v) is 8.52. The molecule has 0 N–H and O–H groups in total. The lowest BCUT2D eigenvalue weighted by Gasteiger charge is -1.94. The van der Waals surface area contributed by atoms with E-state index in [-0.39, 0.29) is 5.78 Å². The number of hydrogen-bond donors (Lipinski definition) is 0. The van der Waals surface area contributed by atoms with Crippen molar-refractivity contribution in [3.63, 3.8) is 0 Å². The summed E-state index contributed by atoms with van der Waals surface area (Å²) in [6, 6.07) is 0. The summed E-state index contributed by atoms with van der Waals surface area (Å²) in [5.41, 5.74) is 0.783. The second kappa shape index (κ2) is 3.12. The van der Waals surface area contributed by atoms with E-state index in [0.717, 1.165) is 10.7 Å². The second-order valence-corrected chi connectivity index (χ2v) is 4.01. The Labute approximate surface area is 84.0 Å². The summed E-state index contributed by atoms with van der Waals surface area (Å²) < 4.78 is 1.86. The maximum Gasteiger partial charge on any atom is 0.195 e. The number of fused-ring (bicyclic) bond motifs is 1. The smallest absolute Gasteiger partial charge is 0.195 e. The lowest BCUT2D eigenvalue weighted by Crippen LogP contribution is -1.99. The first kappa shape index (κ1) is 8.72.